The Bertz CT molecular complexity index is 1180. The molecule has 0 bridgehead atoms. The molecule has 0 aliphatic carbocycles. The zero-order valence-electron chi connectivity index (χ0n) is 21.3. The van der Waals surface area contributed by atoms with Crippen LogP contribution < -0.4 is 10.6 Å². The first-order valence-electron chi connectivity index (χ1n) is 12.1. The van der Waals surface area contributed by atoms with Crippen LogP contribution in [0.2, 0.25) is 0 Å². The number of amides is 2. The van der Waals surface area contributed by atoms with Gasteiger partial charge in [0, 0.05) is 17.5 Å². The Hall–Kier alpha value is -3.93. The van der Waals surface area contributed by atoms with Gasteiger partial charge in [-0.15, -0.1) is 0 Å². The molecule has 0 aromatic heterocycles. The summed E-state index contributed by atoms with van der Waals surface area (Å²) in [5.74, 6) is -0.427. The Morgan fingerprint density at radius 1 is 0.833 bits per heavy atom. The van der Waals surface area contributed by atoms with Crippen molar-refractivity contribution in [3.63, 3.8) is 0 Å². The fraction of sp³-hybridized carbons (Fsp3) is 0.300. The number of Topliss-reactive ketones (excluding diaryl/α,β-unsaturated/α-hetero) is 1. The maximum Gasteiger partial charge on any atom is 0.408 e. The topological polar surface area (TPSA) is 84.5 Å². The molecule has 188 valence electrons. The first-order valence-corrected chi connectivity index (χ1v) is 12.1. The Labute approximate surface area is 213 Å². The molecule has 2 amide bonds. The first kappa shape index (κ1) is 26.7. The third-order valence-corrected chi connectivity index (χ3v) is 5.62. The number of hydrogen-bond acceptors (Lipinski definition) is 4. The number of benzene rings is 3. The second-order valence-corrected chi connectivity index (χ2v) is 9.90. The lowest BCUT2D eigenvalue weighted by molar-refractivity contribution is -0.120. The lowest BCUT2D eigenvalue weighted by atomic mass is 9.92. The number of nitrogens with one attached hydrogen (secondary N) is 2. The van der Waals surface area contributed by atoms with E-state index in [1.165, 1.54) is 0 Å². The highest BCUT2D eigenvalue weighted by Gasteiger charge is 2.26. The molecule has 3 rings (SSSR count). The molecule has 0 unspecified atom stereocenters. The molecule has 1 atom stereocenters. The second kappa shape index (κ2) is 12.2. The molecule has 6 nitrogen and oxygen atoms in total. The minimum absolute atomic E-state index is 0.00500. The van der Waals surface area contributed by atoms with Gasteiger partial charge in [0.2, 0.25) is 0 Å². The van der Waals surface area contributed by atoms with Crippen molar-refractivity contribution in [3.05, 3.63) is 107 Å². The Morgan fingerprint density at radius 2 is 1.44 bits per heavy atom. The molecule has 3 aromatic rings. The maximum atomic E-state index is 13.5. The van der Waals surface area contributed by atoms with Gasteiger partial charge >= 0.3 is 6.09 Å². The standard InChI is InChI=1S/C30H34N2O4/c1-21-12-11-17-24(27(21)28(34)32-30(2,3)4)19-26(33)25(18-22-13-7-5-8-14-22)31-29(35)36-20-23-15-9-6-10-16-23/h5-17,25H,18-20H2,1-4H3,(H,31,35)(H,32,34)/t25-/m0/s1. The molecule has 2 N–H and O–H groups in total. The van der Waals surface area contributed by atoms with E-state index >= 15 is 0 Å². The Balaban J connectivity index is 1.78. The van der Waals surface area contributed by atoms with E-state index in [-0.39, 0.29) is 24.7 Å². The highest BCUT2D eigenvalue weighted by molar-refractivity contribution is 5.99. The van der Waals surface area contributed by atoms with Crippen LogP contribution in [-0.2, 0) is 29.0 Å². The molecule has 0 spiro atoms. The third kappa shape index (κ3) is 8.08. The van der Waals surface area contributed by atoms with Crippen molar-refractivity contribution in [2.24, 2.45) is 0 Å². The SMILES string of the molecule is Cc1cccc(CC(=O)[C@H](Cc2ccccc2)NC(=O)OCc2ccccc2)c1C(=O)NC(C)(C)C. The van der Waals surface area contributed by atoms with Crippen molar-refractivity contribution in [3.8, 4) is 0 Å². The van der Waals surface area contributed by atoms with Gasteiger partial charge in [-0.05, 0) is 56.4 Å². The van der Waals surface area contributed by atoms with Gasteiger partial charge in [0.1, 0.15) is 6.61 Å². The van der Waals surface area contributed by atoms with Crippen LogP contribution in [0.15, 0.2) is 78.9 Å². The number of aryl methyl sites for hydroxylation is 1. The van der Waals surface area contributed by atoms with Crippen molar-refractivity contribution >= 4 is 17.8 Å². The number of ketones is 1. The zero-order valence-corrected chi connectivity index (χ0v) is 21.3. The number of carbonyl (C=O) groups is 3. The van der Waals surface area contributed by atoms with Crippen LogP contribution in [-0.4, -0.2) is 29.4 Å². The average molecular weight is 487 g/mol. The fourth-order valence-corrected chi connectivity index (χ4v) is 3.92. The number of ether oxygens (including phenoxy) is 1. The smallest absolute Gasteiger partial charge is 0.408 e. The lowest BCUT2D eigenvalue weighted by Crippen LogP contribution is -2.44. The summed E-state index contributed by atoms with van der Waals surface area (Å²) in [6, 6.07) is 23.5. The molecule has 0 fully saturated rings. The van der Waals surface area contributed by atoms with Gasteiger partial charge in [-0.25, -0.2) is 4.79 Å². The summed E-state index contributed by atoms with van der Waals surface area (Å²) >= 11 is 0. The Kier molecular flexibility index (Phi) is 9.01. The molecule has 36 heavy (non-hydrogen) atoms. The zero-order chi connectivity index (χ0) is 26.1. The van der Waals surface area contributed by atoms with Crippen molar-refractivity contribution in [1.82, 2.24) is 10.6 Å². The number of hydrogen-bond donors (Lipinski definition) is 2. The molecule has 3 aromatic carbocycles. The van der Waals surface area contributed by atoms with Crippen molar-refractivity contribution in [2.75, 3.05) is 0 Å². The number of rotatable bonds is 9. The highest BCUT2D eigenvalue weighted by Crippen LogP contribution is 2.18. The minimum atomic E-state index is -0.810. The molecule has 0 aliphatic heterocycles. The van der Waals surface area contributed by atoms with Crippen LogP contribution in [0.3, 0.4) is 0 Å². The molecule has 0 saturated heterocycles. The van der Waals surface area contributed by atoms with E-state index in [2.05, 4.69) is 10.6 Å². The normalized spacial score (nSPS) is 11.9. The monoisotopic (exact) mass is 486 g/mol. The van der Waals surface area contributed by atoms with Crippen LogP contribution in [0.25, 0.3) is 0 Å². The number of alkyl carbamates (subject to hydrolysis) is 1. The molecule has 0 saturated carbocycles. The van der Waals surface area contributed by atoms with Crippen LogP contribution >= 0.6 is 0 Å². The van der Waals surface area contributed by atoms with Crippen LogP contribution in [0.4, 0.5) is 4.79 Å². The molecular formula is C30H34N2O4. The van der Waals surface area contributed by atoms with Gasteiger partial charge in [-0.3, -0.25) is 9.59 Å². The van der Waals surface area contributed by atoms with Crippen molar-refractivity contribution in [2.45, 2.75) is 58.7 Å². The minimum Gasteiger partial charge on any atom is -0.445 e. The lowest BCUT2D eigenvalue weighted by Gasteiger charge is -2.23. The largest absolute Gasteiger partial charge is 0.445 e. The van der Waals surface area contributed by atoms with E-state index in [4.69, 9.17) is 4.74 Å². The van der Waals surface area contributed by atoms with Gasteiger partial charge in [-0.2, -0.15) is 0 Å². The molecule has 6 heteroatoms. The van der Waals surface area contributed by atoms with Crippen molar-refractivity contribution < 1.29 is 19.1 Å². The molecule has 0 heterocycles. The van der Waals surface area contributed by atoms with E-state index in [1.54, 1.807) is 6.07 Å². The highest BCUT2D eigenvalue weighted by atomic mass is 16.5. The van der Waals surface area contributed by atoms with E-state index in [1.807, 2.05) is 100 Å². The predicted molar refractivity (Wildman–Crippen MR) is 141 cm³/mol. The quantitative estimate of drug-likeness (QED) is 0.437. The van der Waals surface area contributed by atoms with Gasteiger partial charge in [0.25, 0.3) is 5.91 Å². The summed E-state index contributed by atoms with van der Waals surface area (Å²) in [5.41, 5.74) is 3.25. The maximum absolute atomic E-state index is 13.5. The van der Waals surface area contributed by atoms with E-state index in [0.29, 0.717) is 17.5 Å². The Morgan fingerprint density at radius 3 is 2.06 bits per heavy atom. The summed E-state index contributed by atoms with van der Waals surface area (Å²) in [6.45, 7) is 7.69. The van der Waals surface area contributed by atoms with Crippen molar-refractivity contribution in [1.29, 1.82) is 0 Å². The molecule has 0 aliphatic rings. The van der Waals surface area contributed by atoms with Crippen LogP contribution in [0, 0.1) is 6.92 Å². The first-order chi connectivity index (χ1) is 17.1. The summed E-state index contributed by atoms with van der Waals surface area (Å²) in [4.78, 5) is 39.1. The predicted octanol–water partition coefficient (Wildman–Crippen LogP) is 5.17. The summed E-state index contributed by atoms with van der Waals surface area (Å²) < 4.78 is 5.37. The van der Waals surface area contributed by atoms with Crippen LogP contribution in [0.5, 0.6) is 0 Å². The van der Waals surface area contributed by atoms with Crippen LogP contribution in [0.1, 0.15) is 53.4 Å². The molecular weight excluding hydrogens is 452 g/mol. The summed E-state index contributed by atoms with van der Waals surface area (Å²) in [6.07, 6.45) is -0.344. The van der Waals surface area contributed by atoms with E-state index in [0.717, 1.165) is 16.7 Å². The summed E-state index contributed by atoms with van der Waals surface area (Å²) in [7, 11) is 0. The van der Waals surface area contributed by atoms with Gasteiger partial charge in [-0.1, -0.05) is 78.9 Å². The third-order valence-electron chi connectivity index (χ3n) is 5.62. The molecule has 0 radical (unpaired) electrons. The number of carbonyl (C=O) groups excluding carboxylic acids is 3. The average Bonchev–Trinajstić information content (AvgIpc) is 2.82. The van der Waals surface area contributed by atoms with E-state index < -0.39 is 17.7 Å². The second-order valence-electron chi connectivity index (χ2n) is 9.90. The van der Waals surface area contributed by atoms with Gasteiger partial charge in [0.15, 0.2) is 5.78 Å². The van der Waals surface area contributed by atoms with Gasteiger partial charge < -0.3 is 15.4 Å². The summed E-state index contributed by atoms with van der Waals surface area (Å²) in [5, 5.41) is 5.73. The van der Waals surface area contributed by atoms with E-state index in [9.17, 15) is 14.4 Å². The van der Waals surface area contributed by atoms with Gasteiger partial charge in [0.05, 0.1) is 6.04 Å². The fourth-order valence-electron chi connectivity index (χ4n) is 3.92.